The van der Waals surface area contributed by atoms with Crippen LogP contribution in [0, 0.1) is 0 Å². The summed E-state index contributed by atoms with van der Waals surface area (Å²) in [5.41, 5.74) is 8.54. The number of carbonyl (C=O) groups is 1. The molecule has 0 aliphatic heterocycles. The molecule has 17 heavy (non-hydrogen) atoms. The van der Waals surface area contributed by atoms with Crippen molar-refractivity contribution in [2.75, 3.05) is 5.32 Å². The first-order valence-electron chi connectivity index (χ1n) is 6.19. The lowest BCUT2D eigenvalue weighted by atomic mass is 9.90. The Morgan fingerprint density at radius 1 is 1.29 bits per heavy atom. The molecule has 92 valence electrons. The molecule has 3 heteroatoms. The van der Waals surface area contributed by atoms with Crippen LogP contribution < -0.4 is 11.1 Å². The summed E-state index contributed by atoms with van der Waals surface area (Å²) in [7, 11) is 0. The predicted octanol–water partition coefficient (Wildman–Crippen LogP) is 2.24. The van der Waals surface area contributed by atoms with E-state index in [0.717, 1.165) is 18.5 Å². The molecule has 1 amide bonds. The van der Waals surface area contributed by atoms with Crippen LogP contribution >= 0.6 is 0 Å². The molecule has 0 unspecified atom stereocenters. The molecule has 0 saturated heterocycles. The molecule has 0 radical (unpaired) electrons. The summed E-state index contributed by atoms with van der Waals surface area (Å²) in [6.07, 6.45) is 4.61. The van der Waals surface area contributed by atoms with Crippen molar-refractivity contribution in [3.8, 4) is 0 Å². The molecule has 0 spiro atoms. The standard InChI is InChI=1S/C14H20N2O/c1-14(2,15)13(17)16-12-9-5-7-10-6-3-4-8-11(10)12/h5,7,9H,3-4,6,8,15H2,1-2H3,(H,16,17). The molecule has 3 N–H and O–H groups in total. The lowest BCUT2D eigenvalue weighted by Crippen LogP contribution is -2.45. The summed E-state index contributed by atoms with van der Waals surface area (Å²) in [4.78, 5) is 11.9. The Kier molecular flexibility index (Phi) is 3.20. The number of aryl methyl sites for hydroxylation is 1. The van der Waals surface area contributed by atoms with E-state index in [-0.39, 0.29) is 5.91 Å². The zero-order chi connectivity index (χ0) is 12.5. The zero-order valence-corrected chi connectivity index (χ0v) is 10.5. The molecular weight excluding hydrogens is 212 g/mol. The van der Waals surface area contributed by atoms with Gasteiger partial charge in [-0.15, -0.1) is 0 Å². The highest BCUT2D eigenvalue weighted by Gasteiger charge is 2.23. The van der Waals surface area contributed by atoms with Gasteiger partial charge in [0, 0.05) is 5.69 Å². The first-order valence-corrected chi connectivity index (χ1v) is 6.19. The van der Waals surface area contributed by atoms with Crippen molar-refractivity contribution in [3.63, 3.8) is 0 Å². The van der Waals surface area contributed by atoms with E-state index in [1.807, 2.05) is 12.1 Å². The first-order chi connectivity index (χ1) is 7.98. The fourth-order valence-electron chi connectivity index (χ4n) is 2.18. The highest BCUT2D eigenvalue weighted by molar-refractivity contribution is 5.98. The minimum Gasteiger partial charge on any atom is -0.324 e. The van der Waals surface area contributed by atoms with Crippen molar-refractivity contribution in [2.45, 2.75) is 45.1 Å². The number of anilines is 1. The molecule has 1 aromatic carbocycles. The SMILES string of the molecule is CC(C)(N)C(=O)Nc1cccc2c1CCCC2. The molecule has 2 rings (SSSR count). The van der Waals surface area contributed by atoms with Crippen LogP contribution in [-0.4, -0.2) is 11.4 Å². The van der Waals surface area contributed by atoms with Gasteiger partial charge < -0.3 is 11.1 Å². The van der Waals surface area contributed by atoms with Crippen molar-refractivity contribution >= 4 is 11.6 Å². The Bertz CT molecular complexity index is 432. The molecule has 0 aromatic heterocycles. The maximum absolute atomic E-state index is 11.9. The summed E-state index contributed by atoms with van der Waals surface area (Å²) < 4.78 is 0. The van der Waals surface area contributed by atoms with Crippen LogP contribution in [0.3, 0.4) is 0 Å². The highest BCUT2D eigenvalue weighted by Crippen LogP contribution is 2.28. The van der Waals surface area contributed by atoms with E-state index in [1.54, 1.807) is 13.8 Å². The molecule has 0 saturated carbocycles. The monoisotopic (exact) mass is 232 g/mol. The molecule has 1 aromatic rings. The van der Waals surface area contributed by atoms with Gasteiger partial charge in [-0.3, -0.25) is 4.79 Å². The third kappa shape index (κ3) is 2.67. The molecule has 0 heterocycles. The lowest BCUT2D eigenvalue weighted by Gasteiger charge is -2.23. The van der Waals surface area contributed by atoms with Crippen LogP contribution in [0.1, 0.15) is 37.8 Å². The number of amides is 1. The number of hydrogen-bond donors (Lipinski definition) is 2. The number of nitrogens with two attached hydrogens (primary N) is 1. The lowest BCUT2D eigenvalue weighted by molar-refractivity contribution is -0.120. The molecule has 0 fully saturated rings. The van der Waals surface area contributed by atoms with Gasteiger partial charge in [0.05, 0.1) is 5.54 Å². The molecule has 0 atom stereocenters. The summed E-state index contributed by atoms with van der Waals surface area (Å²) in [5, 5.41) is 2.95. The van der Waals surface area contributed by atoms with Crippen LogP contribution in [0.25, 0.3) is 0 Å². The van der Waals surface area contributed by atoms with Gasteiger partial charge in [0.1, 0.15) is 0 Å². The van der Waals surface area contributed by atoms with Crippen LogP contribution in [0.5, 0.6) is 0 Å². The maximum atomic E-state index is 11.9. The Hall–Kier alpha value is -1.35. The predicted molar refractivity (Wildman–Crippen MR) is 70.0 cm³/mol. The third-order valence-corrected chi connectivity index (χ3v) is 3.23. The number of benzene rings is 1. The second kappa shape index (κ2) is 4.49. The number of fused-ring (bicyclic) bond motifs is 1. The maximum Gasteiger partial charge on any atom is 0.243 e. The summed E-state index contributed by atoms with van der Waals surface area (Å²) in [5.74, 6) is -0.128. The normalized spacial score (nSPS) is 15.2. The van der Waals surface area contributed by atoms with E-state index >= 15 is 0 Å². The second-order valence-electron chi connectivity index (χ2n) is 5.33. The third-order valence-electron chi connectivity index (χ3n) is 3.23. The molecular formula is C14H20N2O. The van der Waals surface area contributed by atoms with Crippen molar-refractivity contribution < 1.29 is 4.79 Å². The Morgan fingerprint density at radius 3 is 2.71 bits per heavy atom. The van der Waals surface area contributed by atoms with E-state index in [9.17, 15) is 4.79 Å². The minimum absolute atomic E-state index is 0.128. The summed E-state index contributed by atoms with van der Waals surface area (Å²) in [6.45, 7) is 3.44. The fraction of sp³-hybridized carbons (Fsp3) is 0.500. The van der Waals surface area contributed by atoms with E-state index in [2.05, 4.69) is 11.4 Å². The van der Waals surface area contributed by atoms with Crippen LogP contribution in [-0.2, 0) is 17.6 Å². The van der Waals surface area contributed by atoms with E-state index in [4.69, 9.17) is 5.73 Å². The van der Waals surface area contributed by atoms with Gasteiger partial charge in [-0.25, -0.2) is 0 Å². The van der Waals surface area contributed by atoms with Crippen molar-refractivity contribution in [1.29, 1.82) is 0 Å². The molecule has 0 bridgehead atoms. The average molecular weight is 232 g/mol. The number of rotatable bonds is 2. The van der Waals surface area contributed by atoms with Gasteiger partial charge >= 0.3 is 0 Å². The highest BCUT2D eigenvalue weighted by atomic mass is 16.2. The second-order valence-corrected chi connectivity index (χ2v) is 5.33. The van der Waals surface area contributed by atoms with Crippen molar-refractivity contribution in [3.05, 3.63) is 29.3 Å². The average Bonchev–Trinajstić information content (AvgIpc) is 2.28. The van der Waals surface area contributed by atoms with Crippen molar-refractivity contribution in [2.24, 2.45) is 5.73 Å². The quantitative estimate of drug-likeness (QED) is 0.821. The smallest absolute Gasteiger partial charge is 0.243 e. The largest absolute Gasteiger partial charge is 0.324 e. The topological polar surface area (TPSA) is 55.1 Å². The molecule has 3 nitrogen and oxygen atoms in total. The van der Waals surface area contributed by atoms with Gasteiger partial charge in [-0.05, 0) is 56.7 Å². The number of carbonyl (C=O) groups excluding carboxylic acids is 1. The Labute approximate surface area is 102 Å². The molecule has 1 aliphatic carbocycles. The van der Waals surface area contributed by atoms with Gasteiger partial charge in [0.2, 0.25) is 5.91 Å². The Morgan fingerprint density at radius 2 is 2.00 bits per heavy atom. The van der Waals surface area contributed by atoms with E-state index < -0.39 is 5.54 Å². The zero-order valence-electron chi connectivity index (χ0n) is 10.5. The Balaban J connectivity index is 2.25. The molecule has 1 aliphatic rings. The van der Waals surface area contributed by atoms with Gasteiger partial charge in [0.25, 0.3) is 0 Å². The first kappa shape index (κ1) is 12.1. The van der Waals surface area contributed by atoms with Crippen LogP contribution in [0.2, 0.25) is 0 Å². The van der Waals surface area contributed by atoms with Crippen LogP contribution in [0.4, 0.5) is 5.69 Å². The van der Waals surface area contributed by atoms with Crippen molar-refractivity contribution in [1.82, 2.24) is 0 Å². The fourth-order valence-corrected chi connectivity index (χ4v) is 2.18. The van der Waals surface area contributed by atoms with Gasteiger partial charge in [-0.1, -0.05) is 12.1 Å². The van der Waals surface area contributed by atoms with E-state index in [0.29, 0.717) is 0 Å². The van der Waals surface area contributed by atoms with Gasteiger partial charge in [-0.2, -0.15) is 0 Å². The number of hydrogen-bond acceptors (Lipinski definition) is 2. The minimum atomic E-state index is -0.836. The number of nitrogens with one attached hydrogen (secondary N) is 1. The summed E-state index contributed by atoms with van der Waals surface area (Å²) in [6, 6.07) is 6.12. The van der Waals surface area contributed by atoms with Gasteiger partial charge in [0.15, 0.2) is 0 Å². The van der Waals surface area contributed by atoms with E-state index in [1.165, 1.54) is 24.0 Å². The summed E-state index contributed by atoms with van der Waals surface area (Å²) >= 11 is 0. The van der Waals surface area contributed by atoms with Crippen LogP contribution in [0.15, 0.2) is 18.2 Å².